The van der Waals surface area contributed by atoms with E-state index in [-0.39, 0.29) is 55.0 Å². The van der Waals surface area contributed by atoms with Crippen LogP contribution < -0.4 is 16.0 Å². The Morgan fingerprint density at radius 1 is 0.607 bits per heavy atom. The van der Waals surface area contributed by atoms with E-state index in [1.165, 1.54) is 0 Å². The number of carboxylic acids is 3. The zero-order chi connectivity index (χ0) is 20.6. The number of carboxylic acid groups (broad SMARTS) is 3. The average Bonchev–Trinajstić information content (AvgIpc) is 3.30. The third-order valence-electron chi connectivity index (χ3n) is 3.88. The first kappa shape index (κ1) is 26.1. The van der Waals surface area contributed by atoms with Gasteiger partial charge in [0.05, 0.1) is 0 Å². The van der Waals surface area contributed by atoms with Gasteiger partial charge in [0, 0.05) is 56.6 Å². The molecule has 3 aliphatic heterocycles. The fourth-order valence-electron chi connectivity index (χ4n) is 2.40. The molecule has 0 bridgehead atoms. The van der Waals surface area contributed by atoms with Crippen molar-refractivity contribution in [3.8, 4) is 0 Å². The summed E-state index contributed by atoms with van der Waals surface area (Å²) in [5.74, 6) is -3.32. The van der Waals surface area contributed by atoms with E-state index in [2.05, 4.69) is 16.0 Å². The van der Waals surface area contributed by atoms with Crippen molar-refractivity contribution < 1.29 is 81.4 Å². The van der Waals surface area contributed by atoms with Gasteiger partial charge in [0.25, 0.3) is 0 Å². The third kappa shape index (κ3) is 9.32. The van der Waals surface area contributed by atoms with Gasteiger partial charge in [-0.05, 0) is 19.3 Å². The van der Waals surface area contributed by atoms with Crippen LogP contribution in [-0.2, 0) is 28.8 Å². The molecule has 3 unspecified atom stereocenters. The first-order valence-electron chi connectivity index (χ1n) is 8.16. The van der Waals surface area contributed by atoms with Gasteiger partial charge in [-0.2, -0.15) is 0 Å². The second-order valence-electron chi connectivity index (χ2n) is 5.99. The summed E-state index contributed by atoms with van der Waals surface area (Å²) >= 11 is 0. The number of amides is 3. The van der Waals surface area contributed by atoms with E-state index >= 15 is 0 Å². The molecule has 0 radical (unpaired) electrons. The van der Waals surface area contributed by atoms with Crippen LogP contribution in [0, 0.1) is 37.3 Å². The van der Waals surface area contributed by atoms with Crippen LogP contribution in [0.1, 0.15) is 38.5 Å². The maximum Gasteiger partial charge on any atom is 0.326 e. The normalized spacial score (nSPS) is 24.9. The summed E-state index contributed by atoms with van der Waals surface area (Å²) in [6, 6.07) is -1.92. The zero-order valence-electron chi connectivity index (χ0n) is 14.6. The van der Waals surface area contributed by atoms with Gasteiger partial charge in [-0.1, -0.05) is 0 Å². The minimum atomic E-state index is -0.944. The molecule has 28 heavy (non-hydrogen) atoms. The molecule has 3 atom stereocenters. The molecular weight excluding hydrogens is 533 g/mol. The number of hydrogen-bond acceptors (Lipinski definition) is 6. The summed E-state index contributed by atoms with van der Waals surface area (Å²) in [7, 11) is 0. The summed E-state index contributed by atoms with van der Waals surface area (Å²) in [5, 5.41) is 31.9. The van der Waals surface area contributed by atoms with Gasteiger partial charge in [-0.25, -0.2) is 14.4 Å². The number of rotatable bonds is 3. The Bertz CT molecular complexity index is 555. The molecule has 0 aromatic rings. The maximum absolute atomic E-state index is 10.4. The third-order valence-corrected chi connectivity index (χ3v) is 3.88. The molecule has 12 nitrogen and oxygen atoms in total. The molecule has 0 aromatic heterocycles. The zero-order valence-corrected chi connectivity index (χ0v) is 16.4. The topological polar surface area (TPSA) is 199 Å². The van der Waals surface area contributed by atoms with Crippen molar-refractivity contribution in [1.82, 2.24) is 16.0 Å². The smallest absolute Gasteiger partial charge is 0.326 e. The second kappa shape index (κ2) is 12.5. The Labute approximate surface area is 189 Å². The van der Waals surface area contributed by atoms with E-state index in [1.807, 2.05) is 0 Å². The quantitative estimate of drug-likeness (QED) is 0.229. The molecule has 3 fully saturated rings. The number of hydrogen-bond donors (Lipinski definition) is 6. The van der Waals surface area contributed by atoms with Gasteiger partial charge in [0.15, 0.2) is 0 Å². The standard InChI is InChI=1S/3C5H7NO3.Er/c3*7-4-2-1-3(6-4)5(8)9;/h3*3H,1-2H2,(H,6,7)(H,8,9);. The van der Waals surface area contributed by atoms with Gasteiger partial charge < -0.3 is 31.3 Å². The van der Waals surface area contributed by atoms with E-state index in [9.17, 15) is 28.8 Å². The molecule has 0 aromatic carbocycles. The van der Waals surface area contributed by atoms with Crippen molar-refractivity contribution >= 4 is 35.6 Å². The summed E-state index contributed by atoms with van der Waals surface area (Å²) in [5.41, 5.74) is 0. The maximum atomic E-state index is 10.4. The van der Waals surface area contributed by atoms with Crippen molar-refractivity contribution in [1.29, 1.82) is 0 Å². The Kier molecular flexibility index (Phi) is 11.6. The monoisotopic (exact) mass is 553 g/mol. The van der Waals surface area contributed by atoms with Crippen molar-refractivity contribution in [3.05, 3.63) is 0 Å². The largest absolute Gasteiger partial charge is 0.480 e. The van der Waals surface area contributed by atoms with Crippen LogP contribution in [0.4, 0.5) is 0 Å². The fraction of sp³-hybridized carbons (Fsp3) is 0.600. The Morgan fingerprint density at radius 3 is 0.893 bits per heavy atom. The Hall–Kier alpha value is -1.93. The van der Waals surface area contributed by atoms with Crippen LogP contribution in [0.15, 0.2) is 0 Å². The van der Waals surface area contributed by atoms with E-state index in [0.717, 1.165) is 0 Å². The molecule has 3 aliphatic rings. The van der Waals surface area contributed by atoms with Crippen molar-refractivity contribution in [2.24, 2.45) is 0 Å². The van der Waals surface area contributed by atoms with Crippen molar-refractivity contribution in [2.45, 2.75) is 56.7 Å². The predicted octanol–water partition coefficient (Wildman–Crippen LogP) is -1.95. The molecule has 3 saturated heterocycles. The Morgan fingerprint density at radius 2 is 0.821 bits per heavy atom. The summed E-state index contributed by atoms with van der Waals surface area (Å²) in [6.07, 6.45) is 2.31. The molecular formula is C15H21ErN3O9. The Balaban J connectivity index is 0.000000384. The van der Waals surface area contributed by atoms with Crippen LogP contribution in [0.5, 0.6) is 0 Å². The second-order valence-corrected chi connectivity index (χ2v) is 5.99. The number of carbonyl (C=O) groups excluding carboxylic acids is 3. The first-order chi connectivity index (χ1) is 12.6. The van der Waals surface area contributed by atoms with Crippen LogP contribution in [0.25, 0.3) is 0 Å². The average molecular weight is 555 g/mol. The van der Waals surface area contributed by atoms with E-state index < -0.39 is 36.0 Å². The molecule has 3 heterocycles. The SMILES string of the molecule is O=C1CCC(C(=O)O)N1.O=C1CCC(C(=O)O)N1.O=C1CCC(C(=O)O)N1.[Er]. The molecule has 3 amide bonds. The molecule has 0 saturated carbocycles. The van der Waals surface area contributed by atoms with E-state index in [4.69, 9.17) is 15.3 Å². The van der Waals surface area contributed by atoms with E-state index in [1.54, 1.807) is 0 Å². The van der Waals surface area contributed by atoms with Gasteiger partial charge in [-0.3, -0.25) is 14.4 Å². The van der Waals surface area contributed by atoms with Gasteiger partial charge in [0.1, 0.15) is 18.1 Å². The van der Waals surface area contributed by atoms with Gasteiger partial charge in [0.2, 0.25) is 17.7 Å². The van der Waals surface area contributed by atoms with Gasteiger partial charge in [-0.15, -0.1) is 0 Å². The molecule has 13 heteroatoms. The summed E-state index contributed by atoms with van der Waals surface area (Å²) in [4.78, 5) is 61.5. The molecule has 162 valence electrons. The van der Waals surface area contributed by atoms with Gasteiger partial charge >= 0.3 is 17.9 Å². The fourth-order valence-corrected chi connectivity index (χ4v) is 2.40. The minimum Gasteiger partial charge on any atom is -0.480 e. The van der Waals surface area contributed by atoms with E-state index in [0.29, 0.717) is 38.5 Å². The van der Waals surface area contributed by atoms with Crippen LogP contribution in [0.3, 0.4) is 0 Å². The van der Waals surface area contributed by atoms with Crippen molar-refractivity contribution in [3.63, 3.8) is 0 Å². The number of nitrogens with one attached hydrogen (secondary N) is 3. The van der Waals surface area contributed by atoms with Crippen LogP contribution >= 0.6 is 0 Å². The molecule has 0 aliphatic carbocycles. The predicted molar refractivity (Wildman–Crippen MR) is 86.4 cm³/mol. The number of aliphatic carboxylic acids is 3. The van der Waals surface area contributed by atoms with Crippen LogP contribution in [-0.4, -0.2) is 69.1 Å². The summed E-state index contributed by atoms with van der Waals surface area (Å²) in [6.45, 7) is 0. The van der Waals surface area contributed by atoms with Crippen LogP contribution in [0.2, 0.25) is 0 Å². The van der Waals surface area contributed by atoms with Crippen molar-refractivity contribution in [2.75, 3.05) is 0 Å². The molecule has 6 N–H and O–H groups in total. The minimum absolute atomic E-state index is 0. The number of carbonyl (C=O) groups is 6. The molecule has 3 rings (SSSR count). The summed E-state index contributed by atoms with van der Waals surface area (Å²) < 4.78 is 0. The molecule has 0 spiro atoms. The first-order valence-corrected chi connectivity index (χ1v) is 8.16.